The Morgan fingerprint density at radius 2 is 2.38 bits per heavy atom. The molecule has 1 N–H and O–H groups in total. The van der Waals surface area contributed by atoms with Crippen molar-refractivity contribution < 1.29 is 0 Å². The number of nitrogens with one attached hydrogen (secondary N) is 1. The lowest BCUT2D eigenvalue weighted by Crippen LogP contribution is -2.07. The molecule has 1 aromatic rings. The summed E-state index contributed by atoms with van der Waals surface area (Å²) in [4.78, 5) is 4.22. The predicted octanol–water partition coefficient (Wildman–Crippen LogP) is 2.40. The first-order valence-corrected chi connectivity index (χ1v) is 6.35. The minimum Gasteiger partial charge on any atom is -0.360 e. The van der Waals surface area contributed by atoms with E-state index in [0.717, 1.165) is 17.5 Å². The van der Waals surface area contributed by atoms with Gasteiger partial charge >= 0.3 is 0 Å². The Balaban J connectivity index is 2.20. The van der Waals surface area contributed by atoms with Gasteiger partial charge in [-0.3, -0.25) is 0 Å². The Kier molecular flexibility index (Phi) is 4.52. The third-order valence-electron chi connectivity index (χ3n) is 1.76. The average molecular weight is 217 g/mol. The topological polar surface area (TPSA) is 37.8 Å². The van der Waals surface area contributed by atoms with Gasteiger partial charge in [0.05, 0.1) is 0 Å². The average Bonchev–Trinajstić information content (AvgIpc) is 2.51. The SMILES string of the molecule is CSC(C)CCNc1nc(C)ns1. The third kappa shape index (κ3) is 3.95. The molecule has 0 aliphatic carbocycles. The van der Waals surface area contributed by atoms with Crippen molar-refractivity contribution in [3.8, 4) is 0 Å². The fraction of sp³-hybridized carbons (Fsp3) is 0.750. The predicted molar refractivity (Wildman–Crippen MR) is 60.7 cm³/mol. The maximum Gasteiger partial charge on any atom is 0.202 e. The van der Waals surface area contributed by atoms with E-state index < -0.39 is 0 Å². The number of aromatic nitrogens is 2. The molecular formula is C8H15N3S2. The quantitative estimate of drug-likeness (QED) is 0.822. The second-order valence-electron chi connectivity index (χ2n) is 2.91. The van der Waals surface area contributed by atoms with Crippen molar-refractivity contribution >= 4 is 28.4 Å². The van der Waals surface area contributed by atoms with Gasteiger partial charge < -0.3 is 5.32 Å². The summed E-state index contributed by atoms with van der Waals surface area (Å²) >= 11 is 3.32. The molecule has 5 heteroatoms. The van der Waals surface area contributed by atoms with Gasteiger partial charge in [-0.2, -0.15) is 16.1 Å². The van der Waals surface area contributed by atoms with Crippen molar-refractivity contribution in [2.75, 3.05) is 18.1 Å². The smallest absolute Gasteiger partial charge is 0.202 e. The van der Waals surface area contributed by atoms with E-state index in [9.17, 15) is 0 Å². The van der Waals surface area contributed by atoms with Crippen LogP contribution in [0.2, 0.25) is 0 Å². The van der Waals surface area contributed by atoms with Gasteiger partial charge in [-0.15, -0.1) is 0 Å². The Morgan fingerprint density at radius 3 is 2.92 bits per heavy atom. The van der Waals surface area contributed by atoms with Crippen LogP contribution in [0.1, 0.15) is 19.2 Å². The minimum atomic E-state index is 0.710. The van der Waals surface area contributed by atoms with Crippen LogP contribution in [0.3, 0.4) is 0 Å². The van der Waals surface area contributed by atoms with Crippen LogP contribution in [0.4, 0.5) is 5.13 Å². The van der Waals surface area contributed by atoms with Crippen LogP contribution in [-0.2, 0) is 0 Å². The van der Waals surface area contributed by atoms with Gasteiger partial charge in [0.15, 0.2) is 0 Å². The molecular weight excluding hydrogens is 202 g/mol. The van der Waals surface area contributed by atoms with Crippen molar-refractivity contribution in [2.24, 2.45) is 0 Å². The zero-order valence-corrected chi connectivity index (χ0v) is 9.84. The molecule has 0 aliphatic rings. The molecule has 1 rings (SSSR count). The summed E-state index contributed by atoms with van der Waals surface area (Å²) in [6, 6.07) is 0. The molecule has 13 heavy (non-hydrogen) atoms. The molecule has 0 amide bonds. The van der Waals surface area contributed by atoms with Gasteiger partial charge in [0.2, 0.25) is 5.13 Å². The molecule has 0 spiro atoms. The van der Waals surface area contributed by atoms with Gasteiger partial charge in [-0.1, -0.05) is 6.92 Å². The second kappa shape index (κ2) is 5.44. The Labute approximate surface area is 87.5 Å². The first kappa shape index (κ1) is 10.8. The summed E-state index contributed by atoms with van der Waals surface area (Å²) < 4.78 is 4.10. The molecule has 1 heterocycles. The number of rotatable bonds is 5. The maximum atomic E-state index is 4.22. The van der Waals surface area contributed by atoms with Crippen LogP contribution in [0.25, 0.3) is 0 Å². The normalized spacial score (nSPS) is 12.8. The summed E-state index contributed by atoms with van der Waals surface area (Å²) in [6.45, 7) is 5.13. The highest BCUT2D eigenvalue weighted by Crippen LogP contribution is 2.12. The van der Waals surface area contributed by atoms with E-state index in [1.54, 1.807) is 0 Å². The standard InChI is InChI=1S/C8H15N3S2/c1-6(12-3)4-5-9-8-10-7(2)11-13-8/h6H,4-5H2,1-3H3,(H,9,10,11). The van der Waals surface area contributed by atoms with E-state index >= 15 is 0 Å². The molecule has 1 aromatic heterocycles. The van der Waals surface area contributed by atoms with E-state index in [1.807, 2.05) is 18.7 Å². The summed E-state index contributed by atoms with van der Waals surface area (Å²) in [5, 5.41) is 4.91. The number of hydrogen-bond donors (Lipinski definition) is 1. The second-order valence-corrected chi connectivity index (χ2v) is 4.94. The van der Waals surface area contributed by atoms with Crippen LogP contribution >= 0.6 is 23.3 Å². The van der Waals surface area contributed by atoms with Gasteiger partial charge in [0, 0.05) is 23.3 Å². The number of aryl methyl sites for hydroxylation is 1. The lowest BCUT2D eigenvalue weighted by atomic mass is 10.3. The molecule has 74 valence electrons. The molecule has 0 aliphatic heterocycles. The molecule has 3 nitrogen and oxygen atoms in total. The molecule has 0 saturated heterocycles. The summed E-state index contributed by atoms with van der Waals surface area (Å²) in [5.41, 5.74) is 0. The molecule has 0 saturated carbocycles. The zero-order chi connectivity index (χ0) is 9.68. The van der Waals surface area contributed by atoms with E-state index in [2.05, 4.69) is 27.9 Å². The number of anilines is 1. The maximum absolute atomic E-state index is 4.22. The van der Waals surface area contributed by atoms with Crippen molar-refractivity contribution in [3.05, 3.63) is 5.82 Å². The van der Waals surface area contributed by atoms with E-state index in [4.69, 9.17) is 0 Å². The van der Waals surface area contributed by atoms with Crippen molar-refractivity contribution in [1.82, 2.24) is 9.36 Å². The van der Waals surface area contributed by atoms with Crippen molar-refractivity contribution in [2.45, 2.75) is 25.5 Å². The first-order chi connectivity index (χ1) is 6.22. The van der Waals surface area contributed by atoms with Crippen LogP contribution in [0, 0.1) is 6.92 Å². The van der Waals surface area contributed by atoms with E-state index in [-0.39, 0.29) is 0 Å². The van der Waals surface area contributed by atoms with Crippen molar-refractivity contribution in [1.29, 1.82) is 0 Å². The summed E-state index contributed by atoms with van der Waals surface area (Å²) in [6.07, 6.45) is 3.31. The highest BCUT2D eigenvalue weighted by atomic mass is 32.2. The van der Waals surface area contributed by atoms with Gasteiger partial charge in [0.25, 0.3) is 0 Å². The van der Waals surface area contributed by atoms with Crippen LogP contribution in [0.15, 0.2) is 0 Å². The van der Waals surface area contributed by atoms with Gasteiger partial charge in [-0.05, 0) is 19.6 Å². The molecule has 0 radical (unpaired) electrons. The van der Waals surface area contributed by atoms with E-state index in [1.165, 1.54) is 18.0 Å². The monoisotopic (exact) mass is 217 g/mol. The number of thioether (sulfide) groups is 1. The van der Waals surface area contributed by atoms with Crippen LogP contribution < -0.4 is 5.32 Å². The van der Waals surface area contributed by atoms with Crippen molar-refractivity contribution in [3.63, 3.8) is 0 Å². The third-order valence-corrected chi connectivity index (χ3v) is 3.56. The van der Waals surface area contributed by atoms with Gasteiger partial charge in [0.1, 0.15) is 5.82 Å². The molecule has 0 aromatic carbocycles. The fourth-order valence-electron chi connectivity index (χ4n) is 0.869. The van der Waals surface area contributed by atoms with Crippen LogP contribution in [0.5, 0.6) is 0 Å². The Morgan fingerprint density at radius 1 is 1.62 bits per heavy atom. The molecule has 1 atom stereocenters. The lowest BCUT2D eigenvalue weighted by molar-refractivity contribution is 0.852. The highest BCUT2D eigenvalue weighted by Gasteiger charge is 2.01. The van der Waals surface area contributed by atoms with Crippen LogP contribution in [-0.4, -0.2) is 27.4 Å². The molecule has 1 unspecified atom stereocenters. The minimum absolute atomic E-state index is 0.710. The van der Waals surface area contributed by atoms with E-state index in [0.29, 0.717) is 5.25 Å². The number of nitrogens with zero attached hydrogens (tertiary/aromatic N) is 2. The highest BCUT2D eigenvalue weighted by molar-refractivity contribution is 7.99. The Hall–Kier alpha value is -0.290. The Bertz CT molecular complexity index is 249. The first-order valence-electron chi connectivity index (χ1n) is 4.29. The van der Waals surface area contributed by atoms with Gasteiger partial charge in [-0.25, -0.2) is 4.98 Å². The molecule has 0 fully saturated rings. The largest absolute Gasteiger partial charge is 0.360 e. The summed E-state index contributed by atoms with van der Waals surface area (Å²) in [7, 11) is 0. The fourth-order valence-corrected chi connectivity index (χ4v) is 1.82. The number of hydrogen-bond acceptors (Lipinski definition) is 5. The lowest BCUT2D eigenvalue weighted by Gasteiger charge is -2.07. The zero-order valence-electron chi connectivity index (χ0n) is 8.20. The molecule has 0 bridgehead atoms. The summed E-state index contributed by atoms with van der Waals surface area (Å²) in [5.74, 6) is 0.852.